The highest BCUT2D eigenvalue weighted by molar-refractivity contribution is 4.93. The van der Waals surface area contributed by atoms with Crippen LogP contribution >= 0.6 is 0 Å². The summed E-state index contributed by atoms with van der Waals surface area (Å²) in [6, 6.07) is 0.421. The molecule has 0 bridgehead atoms. The van der Waals surface area contributed by atoms with Crippen LogP contribution in [-0.2, 0) is 13.6 Å². The molecule has 5 heteroatoms. The SMILES string of the molecule is Cn1nncc1CNC(CCO)C1CCCCC1. The van der Waals surface area contributed by atoms with E-state index in [2.05, 4.69) is 15.6 Å². The summed E-state index contributed by atoms with van der Waals surface area (Å²) in [6.07, 6.45) is 9.26. The highest BCUT2D eigenvalue weighted by Crippen LogP contribution is 2.27. The molecule has 0 amide bonds. The van der Waals surface area contributed by atoms with Crippen LogP contribution in [-0.4, -0.2) is 32.7 Å². The van der Waals surface area contributed by atoms with Crippen molar-refractivity contribution in [2.75, 3.05) is 6.61 Å². The molecule has 1 aromatic rings. The highest BCUT2D eigenvalue weighted by Gasteiger charge is 2.23. The van der Waals surface area contributed by atoms with E-state index in [4.69, 9.17) is 0 Å². The molecule has 1 fully saturated rings. The highest BCUT2D eigenvalue weighted by atomic mass is 16.3. The molecule has 0 aromatic carbocycles. The van der Waals surface area contributed by atoms with Crippen LogP contribution in [0.25, 0.3) is 0 Å². The Morgan fingerprint density at radius 2 is 2.22 bits per heavy atom. The average molecular weight is 252 g/mol. The van der Waals surface area contributed by atoms with Crippen LogP contribution in [0.1, 0.15) is 44.2 Å². The van der Waals surface area contributed by atoms with Crippen LogP contribution in [0.3, 0.4) is 0 Å². The first-order valence-electron chi connectivity index (χ1n) is 6.99. The van der Waals surface area contributed by atoms with Crippen molar-refractivity contribution in [1.29, 1.82) is 0 Å². The number of nitrogens with one attached hydrogen (secondary N) is 1. The number of hydrogen-bond donors (Lipinski definition) is 2. The number of rotatable bonds is 6. The van der Waals surface area contributed by atoms with Gasteiger partial charge in [0.15, 0.2) is 0 Å². The van der Waals surface area contributed by atoms with Gasteiger partial charge in [-0.15, -0.1) is 5.10 Å². The van der Waals surface area contributed by atoms with Gasteiger partial charge < -0.3 is 10.4 Å². The number of hydrogen-bond acceptors (Lipinski definition) is 4. The molecule has 5 nitrogen and oxygen atoms in total. The zero-order valence-electron chi connectivity index (χ0n) is 11.2. The van der Waals surface area contributed by atoms with E-state index < -0.39 is 0 Å². The van der Waals surface area contributed by atoms with E-state index in [0.717, 1.165) is 18.7 Å². The molecule has 102 valence electrons. The number of nitrogens with zero attached hydrogens (tertiary/aromatic N) is 3. The molecular formula is C13H24N4O. The Labute approximate surface area is 109 Å². The molecule has 0 spiro atoms. The molecule has 1 unspecified atom stereocenters. The largest absolute Gasteiger partial charge is 0.396 e. The van der Waals surface area contributed by atoms with Gasteiger partial charge in [-0.25, -0.2) is 0 Å². The Balaban J connectivity index is 1.87. The van der Waals surface area contributed by atoms with E-state index in [0.29, 0.717) is 12.0 Å². The molecule has 1 aliphatic rings. The van der Waals surface area contributed by atoms with Gasteiger partial charge in [-0.3, -0.25) is 4.68 Å². The fourth-order valence-electron chi connectivity index (χ4n) is 2.89. The Kier molecular flexibility index (Phi) is 5.13. The molecule has 1 aliphatic carbocycles. The first-order chi connectivity index (χ1) is 8.81. The summed E-state index contributed by atoms with van der Waals surface area (Å²) in [6.45, 7) is 1.04. The van der Waals surface area contributed by atoms with Crippen molar-refractivity contribution in [3.8, 4) is 0 Å². The lowest BCUT2D eigenvalue weighted by atomic mass is 9.83. The normalized spacial score (nSPS) is 19.0. The van der Waals surface area contributed by atoms with Crippen LogP contribution in [0.15, 0.2) is 6.20 Å². The standard InChI is InChI=1S/C13H24N4O/c1-17-12(10-15-16-17)9-14-13(7-8-18)11-5-3-2-4-6-11/h10-11,13-14,18H,2-9H2,1H3. The summed E-state index contributed by atoms with van der Waals surface area (Å²) in [4.78, 5) is 0. The molecule has 0 saturated heterocycles. The fourth-order valence-corrected chi connectivity index (χ4v) is 2.89. The van der Waals surface area contributed by atoms with E-state index in [1.54, 1.807) is 10.9 Å². The summed E-state index contributed by atoms with van der Waals surface area (Å²) < 4.78 is 1.80. The maximum Gasteiger partial charge on any atom is 0.0738 e. The Morgan fingerprint density at radius 3 is 2.83 bits per heavy atom. The quantitative estimate of drug-likeness (QED) is 0.799. The second kappa shape index (κ2) is 6.85. The summed E-state index contributed by atoms with van der Waals surface area (Å²) in [5, 5.41) is 20.6. The summed E-state index contributed by atoms with van der Waals surface area (Å²) in [5.74, 6) is 0.715. The summed E-state index contributed by atoms with van der Waals surface area (Å²) in [5.41, 5.74) is 1.09. The molecule has 2 rings (SSSR count). The number of aromatic nitrogens is 3. The molecule has 0 aliphatic heterocycles. The van der Waals surface area contributed by atoms with Crippen LogP contribution in [0.2, 0.25) is 0 Å². The number of aliphatic hydroxyl groups is 1. The van der Waals surface area contributed by atoms with Crippen molar-refractivity contribution in [1.82, 2.24) is 20.3 Å². The van der Waals surface area contributed by atoms with E-state index in [9.17, 15) is 5.11 Å². The van der Waals surface area contributed by atoms with Crippen LogP contribution in [0, 0.1) is 5.92 Å². The lowest BCUT2D eigenvalue weighted by Gasteiger charge is -2.30. The lowest BCUT2D eigenvalue weighted by molar-refractivity contribution is 0.205. The van der Waals surface area contributed by atoms with E-state index >= 15 is 0 Å². The molecule has 18 heavy (non-hydrogen) atoms. The lowest BCUT2D eigenvalue weighted by Crippen LogP contribution is -2.38. The molecule has 1 heterocycles. The fraction of sp³-hybridized carbons (Fsp3) is 0.846. The van der Waals surface area contributed by atoms with Gasteiger partial charge >= 0.3 is 0 Å². The third kappa shape index (κ3) is 3.53. The Bertz CT molecular complexity index is 347. The predicted molar refractivity (Wildman–Crippen MR) is 69.9 cm³/mol. The van der Waals surface area contributed by atoms with Crippen molar-refractivity contribution in [2.45, 2.75) is 51.1 Å². The van der Waals surface area contributed by atoms with Gasteiger partial charge in [-0.05, 0) is 25.2 Å². The molecule has 1 aromatic heterocycles. The first kappa shape index (κ1) is 13.5. The summed E-state index contributed by atoms with van der Waals surface area (Å²) in [7, 11) is 1.91. The molecule has 0 radical (unpaired) electrons. The van der Waals surface area contributed by atoms with E-state index in [1.807, 2.05) is 7.05 Å². The van der Waals surface area contributed by atoms with Crippen LogP contribution in [0.5, 0.6) is 0 Å². The minimum absolute atomic E-state index is 0.262. The second-order valence-electron chi connectivity index (χ2n) is 5.25. The van der Waals surface area contributed by atoms with Gasteiger partial charge in [0.1, 0.15) is 0 Å². The van der Waals surface area contributed by atoms with Gasteiger partial charge in [0.05, 0.1) is 11.9 Å². The maximum absolute atomic E-state index is 9.21. The van der Waals surface area contributed by atoms with Crippen molar-refractivity contribution < 1.29 is 5.11 Å². The average Bonchev–Trinajstić information content (AvgIpc) is 2.81. The molecule has 1 saturated carbocycles. The third-order valence-corrected chi connectivity index (χ3v) is 4.01. The van der Waals surface area contributed by atoms with Crippen molar-refractivity contribution in [3.05, 3.63) is 11.9 Å². The summed E-state index contributed by atoms with van der Waals surface area (Å²) >= 11 is 0. The van der Waals surface area contributed by atoms with Gasteiger partial charge in [0, 0.05) is 26.2 Å². The second-order valence-corrected chi connectivity index (χ2v) is 5.25. The van der Waals surface area contributed by atoms with Crippen LogP contribution in [0.4, 0.5) is 0 Å². The van der Waals surface area contributed by atoms with Crippen molar-refractivity contribution in [3.63, 3.8) is 0 Å². The third-order valence-electron chi connectivity index (χ3n) is 4.01. The van der Waals surface area contributed by atoms with Gasteiger partial charge in [-0.1, -0.05) is 24.5 Å². The molecular weight excluding hydrogens is 228 g/mol. The van der Waals surface area contributed by atoms with Crippen LogP contribution < -0.4 is 5.32 Å². The minimum Gasteiger partial charge on any atom is -0.396 e. The number of aryl methyl sites for hydroxylation is 1. The van der Waals surface area contributed by atoms with E-state index in [1.165, 1.54) is 32.1 Å². The monoisotopic (exact) mass is 252 g/mol. The topological polar surface area (TPSA) is 63.0 Å². The van der Waals surface area contributed by atoms with Gasteiger partial charge in [0.25, 0.3) is 0 Å². The van der Waals surface area contributed by atoms with E-state index in [-0.39, 0.29) is 6.61 Å². The smallest absolute Gasteiger partial charge is 0.0738 e. The zero-order valence-corrected chi connectivity index (χ0v) is 11.2. The first-order valence-corrected chi connectivity index (χ1v) is 6.99. The van der Waals surface area contributed by atoms with Gasteiger partial charge in [0.2, 0.25) is 0 Å². The van der Waals surface area contributed by atoms with Gasteiger partial charge in [-0.2, -0.15) is 0 Å². The predicted octanol–water partition coefficient (Wildman–Crippen LogP) is 1.24. The molecule has 2 N–H and O–H groups in total. The Hall–Kier alpha value is -0.940. The number of aliphatic hydroxyl groups excluding tert-OH is 1. The van der Waals surface area contributed by atoms with Crippen molar-refractivity contribution >= 4 is 0 Å². The Morgan fingerprint density at radius 1 is 1.44 bits per heavy atom. The molecule has 1 atom stereocenters. The minimum atomic E-state index is 0.262. The maximum atomic E-state index is 9.21. The van der Waals surface area contributed by atoms with Crippen molar-refractivity contribution in [2.24, 2.45) is 13.0 Å². The zero-order chi connectivity index (χ0) is 12.8.